The van der Waals surface area contributed by atoms with Crippen LogP contribution in [-0.2, 0) is 11.3 Å². The molecule has 182 valence electrons. The van der Waals surface area contributed by atoms with Gasteiger partial charge in [-0.3, -0.25) is 4.79 Å². The first-order chi connectivity index (χ1) is 15.3. The van der Waals surface area contributed by atoms with E-state index in [2.05, 4.69) is 20.9 Å². The zero-order valence-electron chi connectivity index (χ0n) is 20.1. The maximum atomic E-state index is 11.8. The molecule has 0 saturated carbocycles. The van der Waals surface area contributed by atoms with Gasteiger partial charge in [0.2, 0.25) is 5.91 Å². The molecule has 2 aromatic rings. The van der Waals surface area contributed by atoms with Crippen molar-refractivity contribution >= 4 is 41.5 Å². The van der Waals surface area contributed by atoms with Gasteiger partial charge in [0.25, 0.3) is 0 Å². The fourth-order valence-corrected chi connectivity index (χ4v) is 2.87. The number of guanidine groups is 1. The molecule has 0 fully saturated rings. The van der Waals surface area contributed by atoms with Crippen LogP contribution in [0.4, 0.5) is 5.69 Å². The van der Waals surface area contributed by atoms with Crippen LogP contribution in [-0.4, -0.2) is 36.2 Å². The fraction of sp³-hybridized carbons (Fsp3) is 0.440. The van der Waals surface area contributed by atoms with E-state index in [0.29, 0.717) is 25.6 Å². The summed E-state index contributed by atoms with van der Waals surface area (Å²) < 4.78 is 5.71. The first-order valence-corrected chi connectivity index (χ1v) is 11.1. The molecule has 1 unspecified atom stereocenters. The Labute approximate surface area is 214 Å². The molecule has 4 N–H and O–H groups in total. The molecule has 8 heteroatoms. The number of benzene rings is 2. The average molecular weight is 569 g/mol. The summed E-state index contributed by atoms with van der Waals surface area (Å²) in [5.74, 6) is 1.30. The second kappa shape index (κ2) is 14.7. The molecule has 0 aliphatic rings. The lowest BCUT2D eigenvalue weighted by Gasteiger charge is -2.17. The molecule has 1 atom stereocenters. The molecule has 0 aromatic heterocycles. The number of carbonyl (C=O) groups excluding carboxylic acids is 1. The number of aliphatic imine (C=N–C) groups is 1. The van der Waals surface area contributed by atoms with E-state index in [1.54, 1.807) is 0 Å². The number of amides is 1. The van der Waals surface area contributed by atoms with Crippen LogP contribution in [0.15, 0.2) is 53.5 Å². The number of hydrogen-bond acceptors (Lipinski definition) is 4. The summed E-state index contributed by atoms with van der Waals surface area (Å²) >= 11 is 0. The smallest absolute Gasteiger partial charge is 0.226 e. The largest absolute Gasteiger partial charge is 0.491 e. The number of nitrogens with one attached hydrogen (secondary N) is 3. The Bertz CT molecular complexity index is 885. The van der Waals surface area contributed by atoms with E-state index in [4.69, 9.17) is 4.74 Å². The van der Waals surface area contributed by atoms with Crippen molar-refractivity contribution in [1.82, 2.24) is 10.6 Å². The van der Waals surface area contributed by atoms with E-state index in [-0.39, 0.29) is 41.9 Å². The Kier molecular flexibility index (Phi) is 12.8. The summed E-state index contributed by atoms with van der Waals surface area (Å²) in [6.07, 6.45) is -0.619. The highest BCUT2D eigenvalue weighted by molar-refractivity contribution is 14.0. The Morgan fingerprint density at radius 1 is 1.06 bits per heavy atom. The molecule has 0 heterocycles. The van der Waals surface area contributed by atoms with Crippen LogP contribution in [0.25, 0.3) is 0 Å². The van der Waals surface area contributed by atoms with Gasteiger partial charge in [0.1, 0.15) is 5.75 Å². The third kappa shape index (κ3) is 10.4. The second-order valence-electron chi connectivity index (χ2n) is 8.17. The molecule has 0 saturated heterocycles. The van der Waals surface area contributed by atoms with Gasteiger partial charge in [0.05, 0.1) is 18.8 Å². The molecule has 0 bridgehead atoms. The minimum atomic E-state index is -0.696. The Morgan fingerprint density at radius 2 is 1.76 bits per heavy atom. The van der Waals surface area contributed by atoms with Gasteiger partial charge in [0, 0.05) is 24.7 Å². The predicted molar refractivity (Wildman–Crippen MR) is 145 cm³/mol. The van der Waals surface area contributed by atoms with Gasteiger partial charge in [-0.2, -0.15) is 0 Å². The van der Waals surface area contributed by atoms with Crippen LogP contribution in [0.3, 0.4) is 0 Å². The Balaban J connectivity index is 0.00000544. The van der Waals surface area contributed by atoms with Crippen molar-refractivity contribution in [2.45, 2.75) is 53.4 Å². The van der Waals surface area contributed by atoms with Crippen molar-refractivity contribution in [2.75, 3.05) is 18.4 Å². The second-order valence-corrected chi connectivity index (χ2v) is 8.17. The predicted octanol–water partition coefficient (Wildman–Crippen LogP) is 4.48. The first-order valence-electron chi connectivity index (χ1n) is 11.1. The molecule has 1 amide bonds. The number of halogens is 1. The number of hydrogen-bond donors (Lipinski definition) is 4. The van der Waals surface area contributed by atoms with E-state index in [0.717, 1.165) is 22.6 Å². The quantitative estimate of drug-likeness (QED) is 0.193. The fourth-order valence-electron chi connectivity index (χ4n) is 2.87. The third-order valence-corrected chi connectivity index (χ3v) is 4.59. The summed E-state index contributed by atoms with van der Waals surface area (Å²) in [4.78, 5) is 16.4. The third-order valence-electron chi connectivity index (χ3n) is 4.59. The molecule has 2 rings (SSSR count). The Hall–Kier alpha value is -2.33. The topological polar surface area (TPSA) is 95.0 Å². The van der Waals surface area contributed by atoms with Crippen LogP contribution in [0.1, 0.15) is 51.8 Å². The molecule has 7 nitrogen and oxygen atoms in total. The maximum Gasteiger partial charge on any atom is 0.226 e. The van der Waals surface area contributed by atoms with E-state index in [1.165, 1.54) is 0 Å². The molecule has 2 aromatic carbocycles. The number of anilines is 1. The van der Waals surface area contributed by atoms with Crippen molar-refractivity contribution in [3.63, 3.8) is 0 Å². The molecular formula is C25H37IN4O3. The standard InChI is InChI=1S/C25H36N4O3.HI/c1-6-26-25(27-15-19-10-12-21(13-11-19)29-24(31)17(2)3)28-16-23(30)20-8-7-9-22(14-20)32-18(4)5;/h7-14,17-18,23,30H,6,15-16H2,1-5H3,(H,29,31)(H2,26,27,28);1H. The SMILES string of the molecule is CCNC(=NCc1ccc(NC(=O)C(C)C)cc1)NCC(O)c1cccc(OC(C)C)c1.I. The van der Waals surface area contributed by atoms with Gasteiger partial charge in [-0.15, -0.1) is 24.0 Å². The number of carbonyl (C=O) groups is 1. The summed E-state index contributed by atoms with van der Waals surface area (Å²) in [5, 5.41) is 19.9. The highest BCUT2D eigenvalue weighted by Crippen LogP contribution is 2.20. The van der Waals surface area contributed by atoms with E-state index in [9.17, 15) is 9.90 Å². The molecule has 0 aliphatic carbocycles. The number of aliphatic hydroxyl groups excluding tert-OH is 1. The lowest BCUT2D eigenvalue weighted by molar-refractivity contribution is -0.118. The number of aliphatic hydroxyl groups is 1. The first kappa shape index (κ1) is 28.7. The number of nitrogens with zero attached hydrogens (tertiary/aromatic N) is 1. The minimum absolute atomic E-state index is 0. The van der Waals surface area contributed by atoms with E-state index >= 15 is 0 Å². The van der Waals surface area contributed by atoms with Gasteiger partial charge in [-0.05, 0) is 56.2 Å². The zero-order chi connectivity index (χ0) is 23.5. The highest BCUT2D eigenvalue weighted by Gasteiger charge is 2.10. The Morgan fingerprint density at radius 3 is 2.36 bits per heavy atom. The van der Waals surface area contributed by atoms with Gasteiger partial charge in [-0.25, -0.2) is 4.99 Å². The van der Waals surface area contributed by atoms with Crippen molar-refractivity contribution in [3.8, 4) is 5.75 Å². The number of ether oxygens (including phenoxy) is 1. The van der Waals surface area contributed by atoms with Crippen LogP contribution in [0.2, 0.25) is 0 Å². The zero-order valence-corrected chi connectivity index (χ0v) is 22.4. The van der Waals surface area contributed by atoms with Gasteiger partial charge in [0.15, 0.2) is 5.96 Å². The van der Waals surface area contributed by atoms with Crippen LogP contribution < -0.4 is 20.7 Å². The van der Waals surface area contributed by atoms with Crippen molar-refractivity contribution in [3.05, 3.63) is 59.7 Å². The summed E-state index contributed by atoms with van der Waals surface area (Å²) in [7, 11) is 0. The van der Waals surface area contributed by atoms with Gasteiger partial charge >= 0.3 is 0 Å². The molecule has 33 heavy (non-hydrogen) atoms. The van der Waals surface area contributed by atoms with Gasteiger partial charge in [-0.1, -0.05) is 38.1 Å². The summed E-state index contributed by atoms with van der Waals surface area (Å²) in [6, 6.07) is 15.1. The van der Waals surface area contributed by atoms with Crippen molar-refractivity contribution in [1.29, 1.82) is 0 Å². The van der Waals surface area contributed by atoms with Crippen molar-refractivity contribution in [2.24, 2.45) is 10.9 Å². The number of rotatable bonds is 10. The van der Waals surface area contributed by atoms with Crippen LogP contribution >= 0.6 is 24.0 Å². The average Bonchev–Trinajstić information content (AvgIpc) is 2.76. The lowest BCUT2D eigenvalue weighted by Crippen LogP contribution is -2.39. The van der Waals surface area contributed by atoms with E-state index < -0.39 is 6.10 Å². The maximum absolute atomic E-state index is 11.8. The van der Waals surface area contributed by atoms with Gasteiger partial charge < -0.3 is 25.8 Å². The minimum Gasteiger partial charge on any atom is -0.491 e. The summed E-state index contributed by atoms with van der Waals surface area (Å²) in [5.41, 5.74) is 2.57. The molecule has 0 radical (unpaired) electrons. The highest BCUT2D eigenvalue weighted by atomic mass is 127. The molecule has 0 spiro atoms. The molecule has 0 aliphatic heterocycles. The monoisotopic (exact) mass is 568 g/mol. The van der Waals surface area contributed by atoms with Crippen LogP contribution in [0.5, 0.6) is 5.75 Å². The lowest BCUT2D eigenvalue weighted by atomic mass is 10.1. The van der Waals surface area contributed by atoms with Crippen LogP contribution in [0, 0.1) is 5.92 Å². The normalized spacial score (nSPS) is 12.2. The van der Waals surface area contributed by atoms with E-state index in [1.807, 2.05) is 83.1 Å². The summed E-state index contributed by atoms with van der Waals surface area (Å²) in [6.45, 7) is 11.2. The van der Waals surface area contributed by atoms with Crippen molar-refractivity contribution < 1.29 is 14.6 Å². The molecular weight excluding hydrogens is 531 g/mol.